The molecule has 0 aliphatic carbocycles. The van der Waals surface area contributed by atoms with Crippen molar-refractivity contribution in [2.24, 2.45) is 5.84 Å². The van der Waals surface area contributed by atoms with E-state index in [4.69, 9.17) is 5.84 Å². The molecule has 0 atom stereocenters. The number of nitrogens with one attached hydrogen (secondary N) is 1. The molecule has 68 valence electrons. The average molecular weight is 176 g/mol. The minimum absolute atomic E-state index is 0.270. The lowest BCUT2D eigenvalue weighted by Crippen LogP contribution is -2.30. The molecule has 3 heteroatoms. The Kier molecular flexibility index (Phi) is 3.23. The summed E-state index contributed by atoms with van der Waals surface area (Å²) in [6.45, 7) is 1.90. The molecule has 1 rings (SSSR count). The van der Waals surface area contributed by atoms with Crippen molar-refractivity contribution in [1.82, 2.24) is 5.43 Å². The van der Waals surface area contributed by atoms with Gasteiger partial charge in [0.25, 0.3) is 5.91 Å². The van der Waals surface area contributed by atoms with E-state index in [-0.39, 0.29) is 5.91 Å². The summed E-state index contributed by atoms with van der Waals surface area (Å²) in [7, 11) is 0. The number of nitrogen functional groups attached to an aromatic ring is 1. The van der Waals surface area contributed by atoms with Crippen LogP contribution in [0.4, 0.5) is 0 Å². The van der Waals surface area contributed by atoms with Gasteiger partial charge in [-0.3, -0.25) is 10.2 Å². The normalized spacial score (nSPS) is 10.3. The second kappa shape index (κ2) is 4.42. The third-order valence-electron chi connectivity index (χ3n) is 1.68. The summed E-state index contributed by atoms with van der Waals surface area (Å²) >= 11 is 0. The van der Waals surface area contributed by atoms with Crippen molar-refractivity contribution in [3.05, 3.63) is 41.5 Å². The van der Waals surface area contributed by atoms with Gasteiger partial charge in [0.1, 0.15) is 0 Å². The first-order valence-electron chi connectivity index (χ1n) is 4.02. The summed E-state index contributed by atoms with van der Waals surface area (Å²) < 4.78 is 0. The van der Waals surface area contributed by atoms with Crippen LogP contribution in [-0.4, -0.2) is 5.91 Å². The summed E-state index contributed by atoms with van der Waals surface area (Å²) in [5, 5.41) is 0. The van der Waals surface area contributed by atoms with Crippen LogP contribution in [-0.2, 0) is 0 Å². The van der Waals surface area contributed by atoms with E-state index in [1.807, 2.05) is 31.2 Å². The van der Waals surface area contributed by atoms with Gasteiger partial charge in [-0.15, -0.1) is 0 Å². The minimum atomic E-state index is -0.270. The molecule has 0 bridgehead atoms. The van der Waals surface area contributed by atoms with Gasteiger partial charge in [0.15, 0.2) is 0 Å². The van der Waals surface area contributed by atoms with Crippen LogP contribution in [0.25, 0.3) is 6.08 Å². The maximum Gasteiger partial charge on any atom is 0.265 e. The number of amides is 1. The number of hydrazine groups is 1. The standard InChI is InChI=1S/C10H12N2O/c1-2-5-8-6-3-4-7-9(8)10(13)12-11/h2-7H,11H2,1H3,(H,12,13). The molecule has 0 spiro atoms. The van der Waals surface area contributed by atoms with E-state index in [1.54, 1.807) is 12.1 Å². The van der Waals surface area contributed by atoms with Crippen molar-refractivity contribution in [2.75, 3.05) is 0 Å². The first-order valence-corrected chi connectivity index (χ1v) is 4.02. The monoisotopic (exact) mass is 176 g/mol. The highest BCUT2D eigenvalue weighted by molar-refractivity contribution is 5.97. The van der Waals surface area contributed by atoms with Gasteiger partial charge >= 0.3 is 0 Å². The molecule has 3 nitrogen and oxygen atoms in total. The van der Waals surface area contributed by atoms with Gasteiger partial charge in [-0.05, 0) is 18.6 Å². The highest BCUT2D eigenvalue weighted by Crippen LogP contribution is 2.09. The van der Waals surface area contributed by atoms with Gasteiger partial charge in [-0.25, -0.2) is 5.84 Å². The fourth-order valence-corrected chi connectivity index (χ4v) is 1.11. The second-order valence-electron chi connectivity index (χ2n) is 2.56. The molecule has 1 amide bonds. The predicted octanol–water partition coefficient (Wildman–Crippen LogP) is 1.32. The van der Waals surface area contributed by atoms with E-state index in [2.05, 4.69) is 5.43 Å². The number of hydrogen-bond acceptors (Lipinski definition) is 2. The van der Waals surface area contributed by atoms with E-state index >= 15 is 0 Å². The first-order chi connectivity index (χ1) is 6.29. The van der Waals surface area contributed by atoms with Crippen molar-refractivity contribution < 1.29 is 4.79 Å². The third-order valence-corrected chi connectivity index (χ3v) is 1.68. The lowest BCUT2D eigenvalue weighted by atomic mass is 10.1. The summed E-state index contributed by atoms with van der Waals surface area (Å²) in [5.74, 6) is 4.78. The number of hydrogen-bond donors (Lipinski definition) is 2. The molecule has 0 aliphatic heterocycles. The van der Waals surface area contributed by atoms with Gasteiger partial charge < -0.3 is 0 Å². The van der Waals surface area contributed by atoms with E-state index in [0.29, 0.717) is 5.56 Å². The van der Waals surface area contributed by atoms with Gasteiger partial charge in [-0.2, -0.15) is 0 Å². The number of allylic oxidation sites excluding steroid dienone is 1. The largest absolute Gasteiger partial charge is 0.290 e. The summed E-state index contributed by atoms with van der Waals surface area (Å²) in [4.78, 5) is 11.2. The highest BCUT2D eigenvalue weighted by atomic mass is 16.2. The van der Waals surface area contributed by atoms with E-state index in [9.17, 15) is 4.79 Å². The number of rotatable bonds is 2. The Morgan fingerprint density at radius 1 is 1.46 bits per heavy atom. The lowest BCUT2D eigenvalue weighted by molar-refractivity contribution is 0.0953. The number of benzene rings is 1. The molecule has 1 aromatic rings. The average Bonchev–Trinajstić information content (AvgIpc) is 2.18. The Morgan fingerprint density at radius 2 is 2.15 bits per heavy atom. The molecule has 0 radical (unpaired) electrons. The van der Waals surface area contributed by atoms with Crippen molar-refractivity contribution in [3.8, 4) is 0 Å². The Hall–Kier alpha value is -1.61. The van der Waals surface area contributed by atoms with Crippen LogP contribution >= 0.6 is 0 Å². The van der Waals surface area contributed by atoms with Gasteiger partial charge in [-0.1, -0.05) is 30.4 Å². The van der Waals surface area contributed by atoms with Crippen LogP contribution in [0.5, 0.6) is 0 Å². The SMILES string of the molecule is CC=Cc1ccccc1C(=O)NN. The molecule has 0 aliphatic rings. The summed E-state index contributed by atoms with van der Waals surface area (Å²) in [6.07, 6.45) is 3.74. The molecular weight excluding hydrogens is 164 g/mol. The zero-order valence-corrected chi connectivity index (χ0v) is 7.45. The third kappa shape index (κ3) is 2.16. The highest BCUT2D eigenvalue weighted by Gasteiger charge is 2.05. The quantitative estimate of drug-likeness (QED) is 0.405. The summed E-state index contributed by atoms with van der Waals surface area (Å²) in [6, 6.07) is 7.28. The molecule has 0 heterocycles. The minimum Gasteiger partial charge on any atom is -0.290 e. The van der Waals surface area contributed by atoms with E-state index in [1.165, 1.54) is 0 Å². The van der Waals surface area contributed by atoms with Gasteiger partial charge in [0.05, 0.1) is 0 Å². The van der Waals surface area contributed by atoms with E-state index in [0.717, 1.165) is 5.56 Å². The molecule has 1 aromatic carbocycles. The molecule has 0 aromatic heterocycles. The Bertz CT molecular complexity index is 331. The van der Waals surface area contributed by atoms with Crippen molar-refractivity contribution in [2.45, 2.75) is 6.92 Å². The fourth-order valence-electron chi connectivity index (χ4n) is 1.11. The van der Waals surface area contributed by atoms with Crippen molar-refractivity contribution in [3.63, 3.8) is 0 Å². The molecule has 0 unspecified atom stereocenters. The first kappa shape index (κ1) is 9.48. The van der Waals surface area contributed by atoms with Crippen LogP contribution in [0.1, 0.15) is 22.8 Å². The topological polar surface area (TPSA) is 55.1 Å². The van der Waals surface area contributed by atoms with Crippen molar-refractivity contribution >= 4 is 12.0 Å². The maximum absolute atomic E-state index is 11.2. The molecule has 3 N–H and O–H groups in total. The number of carbonyl (C=O) groups excluding carboxylic acids is 1. The van der Waals surface area contributed by atoms with Crippen LogP contribution in [0.3, 0.4) is 0 Å². The van der Waals surface area contributed by atoms with E-state index < -0.39 is 0 Å². The van der Waals surface area contributed by atoms with Crippen LogP contribution in [0.2, 0.25) is 0 Å². The fraction of sp³-hybridized carbons (Fsp3) is 0.100. The van der Waals surface area contributed by atoms with Crippen LogP contribution in [0.15, 0.2) is 30.3 Å². The molecular formula is C10H12N2O. The Morgan fingerprint density at radius 3 is 2.77 bits per heavy atom. The molecule has 0 saturated carbocycles. The van der Waals surface area contributed by atoms with Gasteiger partial charge in [0, 0.05) is 5.56 Å². The van der Waals surface area contributed by atoms with Crippen LogP contribution in [0, 0.1) is 0 Å². The molecule has 0 fully saturated rings. The Labute approximate surface area is 77.2 Å². The Balaban J connectivity index is 3.11. The molecule has 0 saturated heterocycles. The summed E-state index contributed by atoms with van der Waals surface area (Å²) in [5.41, 5.74) is 3.56. The molecule has 13 heavy (non-hydrogen) atoms. The lowest BCUT2D eigenvalue weighted by Gasteiger charge is -2.02. The number of nitrogens with two attached hydrogens (primary N) is 1. The van der Waals surface area contributed by atoms with Crippen LogP contribution < -0.4 is 11.3 Å². The maximum atomic E-state index is 11.2. The predicted molar refractivity (Wildman–Crippen MR) is 52.8 cm³/mol. The second-order valence-corrected chi connectivity index (χ2v) is 2.56. The zero-order chi connectivity index (χ0) is 9.68. The zero-order valence-electron chi connectivity index (χ0n) is 7.45. The smallest absolute Gasteiger partial charge is 0.265 e. The number of carbonyl (C=O) groups is 1. The van der Waals surface area contributed by atoms with Crippen molar-refractivity contribution in [1.29, 1.82) is 0 Å². The van der Waals surface area contributed by atoms with Gasteiger partial charge in [0.2, 0.25) is 0 Å².